The summed E-state index contributed by atoms with van der Waals surface area (Å²) < 4.78 is 6.45. The van der Waals surface area contributed by atoms with E-state index in [-0.39, 0.29) is 0 Å². The first kappa shape index (κ1) is 33.6. The zero-order chi connectivity index (χ0) is 38.4. The Bertz CT molecular complexity index is 3120. The van der Waals surface area contributed by atoms with Gasteiger partial charge in [0, 0.05) is 28.0 Å². The minimum absolute atomic E-state index is 0.894. The Balaban J connectivity index is 1.03. The molecule has 0 aromatic heterocycles. The third-order valence-electron chi connectivity index (χ3n) is 11.5. The number of anilines is 3. The molecule has 2 heteroatoms. The highest BCUT2D eigenvalue weighted by atomic mass is 16.5. The van der Waals surface area contributed by atoms with Crippen molar-refractivity contribution in [2.45, 2.75) is 0 Å². The van der Waals surface area contributed by atoms with Crippen LogP contribution in [0.2, 0.25) is 0 Å². The first-order valence-electron chi connectivity index (χ1n) is 19.8. The van der Waals surface area contributed by atoms with Crippen molar-refractivity contribution in [3.63, 3.8) is 0 Å². The van der Waals surface area contributed by atoms with Gasteiger partial charge in [0.1, 0.15) is 11.5 Å². The summed E-state index contributed by atoms with van der Waals surface area (Å²) >= 11 is 0. The number of hydrogen-bond donors (Lipinski definition) is 0. The van der Waals surface area contributed by atoms with E-state index in [0.29, 0.717) is 0 Å². The molecule has 0 aliphatic carbocycles. The molecule has 0 N–H and O–H groups in total. The van der Waals surface area contributed by atoms with Crippen LogP contribution in [0.1, 0.15) is 0 Å². The molecule has 0 bridgehead atoms. The fraction of sp³-hybridized carbons (Fsp3) is 0. The standard InChI is InChI=1S/C56H37NO/c1-2-12-38(13-3-1)39-26-28-40(29-27-39)41-30-32-45(33-31-41)57(46-18-8-16-43(36-46)49-22-10-15-42-14-4-5-20-48(42)49)47-19-9-17-44(37-47)50-34-35-55-56-52(50)23-11-24-53(56)51-21-6-7-25-54(51)58-55/h1-37H. The van der Waals surface area contributed by atoms with Gasteiger partial charge in [-0.3, -0.25) is 0 Å². The maximum atomic E-state index is 6.45. The predicted molar refractivity (Wildman–Crippen MR) is 243 cm³/mol. The molecule has 0 radical (unpaired) electrons. The normalized spacial score (nSPS) is 11.6. The minimum atomic E-state index is 0.894. The van der Waals surface area contributed by atoms with Crippen molar-refractivity contribution >= 4 is 38.6 Å². The topological polar surface area (TPSA) is 12.5 Å². The number of para-hydroxylation sites is 1. The zero-order valence-corrected chi connectivity index (χ0v) is 31.7. The summed E-state index contributed by atoms with van der Waals surface area (Å²) in [5.74, 6) is 1.79. The molecule has 2 nitrogen and oxygen atoms in total. The van der Waals surface area contributed by atoms with Crippen molar-refractivity contribution in [1.82, 2.24) is 0 Å². The van der Waals surface area contributed by atoms with E-state index in [4.69, 9.17) is 4.74 Å². The average molecular weight is 740 g/mol. The van der Waals surface area contributed by atoms with E-state index < -0.39 is 0 Å². The maximum absolute atomic E-state index is 6.45. The van der Waals surface area contributed by atoms with Gasteiger partial charge >= 0.3 is 0 Å². The number of fused-ring (bicyclic) bond motifs is 3. The van der Waals surface area contributed by atoms with Crippen molar-refractivity contribution in [2.24, 2.45) is 0 Å². The van der Waals surface area contributed by atoms with Crippen LogP contribution in [0.4, 0.5) is 17.1 Å². The van der Waals surface area contributed by atoms with Gasteiger partial charge in [-0.25, -0.2) is 0 Å². The third kappa shape index (κ3) is 5.91. The molecule has 1 aliphatic heterocycles. The largest absolute Gasteiger partial charge is 0.456 e. The van der Waals surface area contributed by atoms with Crippen LogP contribution in [0.5, 0.6) is 11.5 Å². The third-order valence-corrected chi connectivity index (χ3v) is 11.5. The van der Waals surface area contributed by atoms with E-state index in [2.05, 4.69) is 217 Å². The Morgan fingerprint density at radius 1 is 0.276 bits per heavy atom. The van der Waals surface area contributed by atoms with Crippen LogP contribution >= 0.6 is 0 Å². The summed E-state index contributed by atoms with van der Waals surface area (Å²) in [6.07, 6.45) is 0. The highest BCUT2D eigenvalue weighted by Gasteiger charge is 2.22. The van der Waals surface area contributed by atoms with Crippen LogP contribution in [-0.2, 0) is 0 Å². The van der Waals surface area contributed by atoms with Gasteiger partial charge in [0.05, 0.1) is 0 Å². The molecule has 11 rings (SSSR count). The van der Waals surface area contributed by atoms with E-state index in [9.17, 15) is 0 Å². The van der Waals surface area contributed by atoms with E-state index in [1.165, 1.54) is 60.7 Å². The summed E-state index contributed by atoms with van der Waals surface area (Å²) in [5.41, 5.74) is 15.1. The number of rotatable bonds is 7. The van der Waals surface area contributed by atoms with Crippen molar-refractivity contribution < 1.29 is 4.74 Å². The molecule has 0 fully saturated rings. The van der Waals surface area contributed by atoms with Gasteiger partial charge in [-0.05, 0) is 115 Å². The Kier molecular flexibility index (Phi) is 8.19. The first-order valence-corrected chi connectivity index (χ1v) is 19.8. The summed E-state index contributed by atoms with van der Waals surface area (Å²) in [6, 6.07) is 80.7. The summed E-state index contributed by atoms with van der Waals surface area (Å²) in [7, 11) is 0. The molecule has 1 aliphatic rings. The highest BCUT2D eigenvalue weighted by Crippen LogP contribution is 2.49. The SMILES string of the molecule is c1ccc(-c2ccc(-c3ccc(N(c4cccc(-c5cccc6ccccc56)c4)c4cccc(-c5ccc6c7c(cccc57)-c5ccccc5O6)c4)cc3)cc2)cc1. The lowest BCUT2D eigenvalue weighted by molar-refractivity contribution is 0.487. The number of hydrogen-bond acceptors (Lipinski definition) is 2. The first-order chi connectivity index (χ1) is 28.7. The second-order valence-corrected chi connectivity index (χ2v) is 14.9. The molecular formula is C56H37NO. The zero-order valence-electron chi connectivity index (χ0n) is 31.7. The van der Waals surface area contributed by atoms with Gasteiger partial charge in [0.15, 0.2) is 0 Å². The van der Waals surface area contributed by atoms with Gasteiger partial charge < -0.3 is 9.64 Å². The van der Waals surface area contributed by atoms with Crippen LogP contribution < -0.4 is 9.64 Å². The average Bonchev–Trinajstić information content (AvgIpc) is 3.30. The van der Waals surface area contributed by atoms with Crippen LogP contribution in [0.15, 0.2) is 224 Å². The van der Waals surface area contributed by atoms with Gasteiger partial charge in [-0.15, -0.1) is 0 Å². The quantitative estimate of drug-likeness (QED) is 0.161. The number of nitrogens with zero attached hydrogens (tertiary/aromatic N) is 1. The molecule has 10 aromatic carbocycles. The van der Waals surface area contributed by atoms with Crippen LogP contribution in [0, 0.1) is 0 Å². The highest BCUT2D eigenvalue weighted by molar-refractivity contribution is 6.10. The molecule has 1 heterocycles. The Morgan fingerprint density at radius 2 is 0.776 bits per heavy atom. The monoisotopic (exact) mass is 739 g/mol. The predicted octanol–water partition coefficient (Wildman–Crippen LogP) is 15.9. The van der Waals surface area contributed by atoms with Crippen molar-refractivity contribution in [2.75, 3.05) is 4.90 Å². The van der Waals surface area contributed by atoms with Crippen LogP contribution in [0.3, 0.4) is 0 Å². The van der Waals surface area contributed by atoms with E-state index in [1.807, 2.05) is 12.1 Å². The Morgan fingerprint density at radius 3 is 1.52 bits per heavy atom. The maximum Gasteiger partial charge on any atom is 0.135 e. The summed E-state index contributed by atoms with van der Waals surface area (Å²) in [4.78, 5) is 2.38. The van der Waals surface area contributed by atoms with E-state index in [1.54, 1.807) is 0 Å². The van der Waals surface area contributed by atoms with Crippen molar-refractivity contribution in [3.05, 3.63) is 224 Å². The molecule has 0 atom stereocenters. The summed E-state index contributed by atoms with van der Waals surface area (Å²) in [6.45, 7) is 0. The fourth-order valence-electron chi connectivity index (χ4n) is 8.67. The smallest absolute Gasteiger partial charge is 0.135 e. The molecule has 0 spiro atoms. The fourth-order valence-corrected chi connectivity index (χ4v) is 8.67. The second-order valence-electron chi connectivity index (χ2n) is 14.9. The molecule has 0 saturated carbocycles. The minimum Gasteiger partial charge on any atom is -0.456 e. The molecule has 0 amide bonds. The van der Waals surface area contributed by atoms with Gasteiger partial charge in [-0.1, -0.05) is 176 Å². The molecule has 10 aromatic rings. The van der Waals surface area contributed by atoms with Crippen molar-refractivity contribution in [3.8, 4) is 67.1 Å². The Hall–Kier alpha value is -7.68. The number of benzene rings is 10. The molecule has 0 unspecified atom stereocenters. The molecule has 272 valence electrons. The lowest BCUT2D eigenvalue weighted by Crippen LogP contribution is -2.10. The van der Waals surface area contributed by atoms with Crippen LogP contribution in [0.25, 0.3) is 77.2 Å². The van der Waals surface area contributed by atoms with E-state index in [0.717, 1.165) is 45.1 Å². The molecular weight excluding hydrogens is 703 g/mol. The van der Waals surface area contributed by atoms with Crippen molar-refractivity contribution in [1.29, 1.82) is 0 Å². The molecule has 58 heavy (non-hydrogen) atoms. The lowest BCUT2D eigenvalue weighted by Gasteiger charge is -2.27. The molecule has 0 saturated heterocycles. The number of ether oxygens (including phenoxy) is 1. The van der Waals surface area contributed by atoms with Gasteiger partial charge in [-0.2, -0.15) is 0 Å². The van der Waals surface area contributed by atoms with Gasteiger partial charge in [0.2, 0.25) is 0 Å². The van der Waals surface area contributed by atoms with Crippen LogP contribution in [-0.4, -0.2) is 0 Å². The van der Waals surface area contributed by atoms with Gasteiger partial charge in [0.25, 0.3) is 0 Å². The van der Waals surface area contributed by atoms with E-state index >= 15 is 0 Å². The second kappa shape index (κ2) is 14.1. The summed E-state index contributed by atoms with van der Waals surface area (Å²) in [5, 5.41) is 4.80. The Labute approximate surface area is 338 Å². The lowest BCUT2D eigenvalue weighted by atomic mass is 9.90.